The summed E-state index contributed by atoms with van der Waals surface area (Å²) in [4.78, 5) is 18.6. The summed E-state index contributed by atoms with van der Waals surface area (Å²) in [5.41, 5.74) is 0.874. The lowest BCUT2D eigenvalue weighted by Gasteiger charge is -2.22. The van der Waals surface area contributed by atoms with E-state index in [9.17, 15) is 18.0 Å². The van der Waals surface area contributed by atoms with Crippen LogP contribution in [0.15, 0.2) is 49.1 Å². The summed E-state index contributed by atoms with van der Waals surface area (Å²) < 4.78 is 43.1. The van der Waals surface area contributed by atoms with Gasteiger partial charge in [0, 0.05) is 19.2 Å². The van der Waals surface area contributed by atoms with Gasteiger partial charge in [-0.3, -0.25) is 4.79 Å². The topological polar surface area (TPSA) is 38.1 Å². The molecule has 0 bridgehead atoms. The summed E-state index contributed by atoms with van der Waals surface area (Å²) in [5.74, 6) is -2.03. The van der Waals surface area contributed by atoms with Crippen molar-refractivity contribution in [1.82, 2.24) is 14.5 Å². The molecule has 4 nitrogen and oxygen atoms in total. The quantitative estimate of drug-likeness (QED) is 0.552. The molecule has 7 heteroatoms. The molecular formula is C21H20F3N3O. The summed E-state index contributed by atoms with van der Waals surface area (Å²) in [6.07, 6.45) is 2.31. The van der Waals surface area contributed by atoms with Gasteiger partial charge in [0.05, 0.1) is 23.1 Å². The molecule has 3 rings (SSSR count). The number of amides is 1. The minimum absolute atomic E-state index is 0.0527. The Kier molecular flexibility index (Phi) is 5.82. The SMILES string of the molecule is C=CCN(Cc1nc2cc(F)ccc2n1CCC)C(=O)c1cc(F)ccc1F. The molecule has 0 spiro atoms. The van der Waals surface area contributed by atoms with E-state index < -0.39 is 23.4 Å². The molecular weight excluding hydrogens is 367 g/mol. The van der Waals surface area contributed by atoms with Crippen molar-refractivity contribution in [2.75, 3.05) is 6.54 Å². The van der Waals surface area contributed by atoms with Gasteiger partial charge in [-0.2, -0.15) is 0 Å². The van der Waals surface area contributed by atoms with E-state index in [-0.39, 0.29) is 18.7 Å². The first-order valence-corrected chi connectivity index (χ1v) is 8.94. The summed E-state index contributed by atoms with van der Waals surface area (Å²) in [5, 5.41) is 0. The largest absolute Gasteiger partial charge is 0.327 e. The summed E-state index contributed by atoms with van der Waals surface area (Å²) in [6, 6.07) is 7.08. The van der Waals surface area contributed by atoms with Crippen LogP contribution in [0.2, 0.25) is 0 Å². The molecule has 1 aromatic heterocycles. The van der Waals surface area contributed by atoms with Gasteiger partial charge in [0.1, 0.15) is 23.3 Å². The van der Waals surface area contributed by atoms with Crippen molar-refractivity contribution < 1.29 is 18.0 Å². The Hall–Kier alpha value is -3.09. The Morgan fingerprint density at radius 1 is 1.18 bits per heavy atom. The molecule has 0 aliphatic heterocycles. The molecule has 0 fully saturated rings. The molecule has 0 saturated carbocycles. The number of imidazole rings is 1. The Bertz CT molecular complexity index is 1030. The van der Waals surface area contributed by atoms with Gasteiger partial charge in [-0.1, -0.05) is 13.0 Å². The van der Waals surface area contributed by atoms with Crippen LogP contribution in [0.25, 0.3) is 11.0 Å². The number of aryl methyl sites for hydroxylation is 1. The number of halogens is 3. The highest BCUT2D eigenvalue weighted by atomic mass is 19.1. The van der Waals surface area contributed by atoms with Gasteiger partial charge in [0.15, 0.2) is 0 Å². The molecule has 1 heterocycles. The molecule has 3 aromatic rings. The minimum atomic E-state index is -0.801. The molecule has 28 heavy (non-hydrogen) atoms. The minimum Gasteiger partial charge on any atom is -0.327 e. The van der Waals surface area contributed by atoms with Crippen LogP contribution >= 0.6 is 0 Å². The summed E-state index contributed by atoms with van der Waals surface area (Å²) in [7, 11) is 0. The predicted octanol–water partition coefficient (Wildman–Crippen LogP) is 4.69. The van der Waals surface area contributed by atoms with Gasteiger partial charge in [-0.15, -0.1) is 6.58 Å². The van der Waals surface area contributed by atoms with Crippen molar-refractivity contribution in [2.24, 2.45) is 0 Å². The van der Waals surface area contributed by atoms with Crippen LogP contribution in [-0.4, -0.2) is 26.9 Å². The van der Waals surface area contributed by atoms with Crippen LogP contribution in [0.1, 0.15) is 29.5 Å². The van der Waals surface area contributed by atoms with Gasteiger partial charge in [0.25, 0.3) is 5.91 Å². The first kappa shape index (κ1) is 19.7. The standard InChI is InChI=1S/C21H20F3N3O/c1-3-9-26(21(28)16-11-14(22)5-7-17(16)24)13-20-25-18-12-15(23)6-8-19(18)27(20)10-4-2/h3,5-8,11-12H,1,4,9-10,13H2,2H3. The van der Waals surface area contributed by atoms with Gasteiger partial charge in [-0.05, 0) is 36.8 Å². The van der Waals surface area contributed by atoms with Gasteiger partial charge in [0.2, 0.25) is 0 Å². The number of fused-ring (bicyclic) bond motifs is 1. The zero-order valence-electron chi connectivity index (χ0n) is 15.5. The fourth-order valence-corrected chi connectivity index (χ4v) is 3.12. The van der Waals surface area contributed by atoms with Crippen LogP contribution in [0.4, 0.5) is 13.2 Å². The van der Waals surface area contributed by atoms with Crippen molar-refractivity contribution in [1.29, 1.82) is 0 Å². The normalized spacial score (nSPS) is 11.0. The van der Waals surface area contributed by atoms with Crippen LogP contribution in [-0.2, 0) is 13.1 Å². The molecule has 0 atom stereocenters. The van der Waals surface area contributed by atoms with E-state index in [1.807, 2.05) is 11.5 Å². The molecule has 0 aliphatic carbocycles. The highest BCUT2D eigenvalue weighted by Gasteiger charge is 2.22. The maximum atomic E-state index is 14.1. The smallest absolute Gasteiger partial charge is 0.257 e. The molecule has 0 saturated heterocycles. The van der Waals surface area contributed by atoms with Crippen LogP contribution in [0.5, 0.6) is 0 Å². The second-order valence-corrected chi connectivity index (χ2v) is 6.41. The highest BCUT2D eigenvalue weighted by Crippen LogP contribution is 2.21. The third-order valence-corrected chi connectivity index (χ3v) is 4.36. The number of hydrogen-bond acceptors (Lipinski definition) is 2. The Balaban J connectivity index is 2.00. The summed E-state index contributed by atoms with van der Waals surface area (Å²) >= 11 is 0. The maximum absolute atomic E-state index is 14.1. The van der Waals surface area contributed by atoms with E-state index in [0.717, 1.165) is 30.1 Å². The number of benzene rings is 2. The van der Waals surface area contributed by atoms with Gasteiger partial charge < -0.3 is 9.47 Å². The van der Waals surface area contributed by atoms with Crippen LogP contribution in [0.3, 0.4) is 0 Å². The first-order valence-electron chi connectivity index (χ1n) is 8.94. The predicted molar refractivity (Wildman–Crippen MR) is 101 cm³/mol. The number of carbonyl (C=O) groups excluding carboxylic acids is 1. The monoisotopic (exact) mass is 387 g/mol. The molecule has 0 N–H and O–H groups in total. The first-order chi connectivity index (χ1) is 13.4. The second-order valence-electron chi connectivity index (χ2n) is 6.41. The lowest BCUT2D eigenvalue weighted by molar-refractivity contribution is 0.0752. The zero-order chi connectivity index (χ0) is 20.3. The maximum Gasteiger partial charge on any atom is 0.257 e. The number of carbonyl (C=O) groups is 1. The lowest BCUT2D eigenvalue weighted by atomic mass is 10.1. The third kappa shape index (κ3) is 3.93. The van der Waals surface area contributed by atoms with E-state index in [2.05, 4.69) is 11.6 Å². The van der Waals surface area contributed by atoms with E-state index >= 15 is 0 Å². The van der Waals surface area contributed by atoms with Crippen LogP contribution < -0.4 is 0 Å². The molecule has 1 amide bonds. The lowest BCUT2D eigenvalue weighted by Crippen LogP contribution is -2.32. The van der Waals surface area contributed by atoms with E-state index in [0.29, 0.717) is 17.9 Å². The van der Waals surface area contributed by atoms with E-state index in [1.54, 1.807) is 6.07 Å². The van der Waals surface area contributed by atoms with Crippen molar-refractivity contribution in [3.8, 4) is 0 Å². The van der Waals surface area contributed by atoms with Gasteiger partial charge in [-0.25, -0.2) is 18.2 Å². The Labute approximate surface area is 160 Å². The molecule has 146 valence electrons. The Morgan fingerprint density at radius 3 is 2.61 bits per heavy atom. The molecule has 0 aliphatic rings. The van der Waals surface area contributed by atoms with Crippen molar-refractivity contribution >= 4 is 16.9 Å². The van der Waals surface area contributed by atoms with Crippen LogP contribution in [0, 0.1) is 17.5 Å². The van der Waals surface area contributed by atoms with Crippen molar-refractivity contribution in [3.05, 3.63) is 77.9 Å². The fourth-order valence-electron chi connectivity index (χ4n) is 3.12. The van der Waals surface area contributed by atoms with E-state index in [4.69, 9.17) is 0 Å². The highest BCUT2D eigenvalue weighted by molar-refractivity contribution is 5.94. The molecule has 0 radical (unpaired) electrons. The number of rotatable bonds is 7. The second kappa shape index (κ2) is 8.29. The third-order valence-electron chi connectivity index (χ3n) is 4.36. The van der Waals surface area contributed by atoms with Crippen molar-refractivity contribution in [2.45, 2.75) is 26.4 Å². The van der Waals surface area contributed by atoms with Gasteiger partial charge >= 0.3 is 0 Å². The average Bonchev–Trinajstić information content (AvgIpc) is 2.99. The van der Waals surface area contributed by atoms with E-state index in [1.165, 1.54) is 23.1 Å². The summed E-state index contributed by atoms with van der Waals surface area (Å²) in [6.45, 7) is 6.43. The average molecular weight is 387 g/mol. The fraction of sp³-hybridized carbons (Fsp3) is 0.238. The Morgan fingerprint density at radius 2 is 1.89 bits per heavy atom. The number of hydrogen-bond donors (Lipinski definition) is 0. The number of aromatic nitrogens is 2. The molecule has 0 unspecified atom stereocenters. The number of nitrogens with zero attached hydrogens (tertiary/aromatic N) is 3. The van der Waals surface area contributed by atoms with Crippen molar-refractivity contribution in [3.63, 3.8) is 0 Å². The molecule has 2 aromatic carbocycles. The zero-order valence-corrected chi connectivity index (χ0v) is 15.5.